The molecule has 0 spiro atoms. The van der Waals surface area contributed by atoms with E-state index in [-0.39, 0.29) is 13.2 Å². The molecule has 1 N–H and O–H groups in total. The average Bonchev–Trinajstić information content (AvgIpc) is 3.33. The van der Waals surface area contributed by atoms with Gasteiger partial charge in [0.25, 0.3) is 0 Å². The van der Waals surface area contributed by atoms with Crippen LogP contribution in [0.15, 0.2) is 164 Å². The summed E-state index contributed by atoms with van der Waals surface area (Å²) in [6.07, 6.45) is 0. The van der Waals surface area contributed by atoms with Gasteiger partial charge in [-0.25, -0.2) is 14.6 Å². The van der Waals surface area contributed by atoms with Crippen molar-refractivity contribution in [3.63, 3.8) is 0 Å². The van der Waals surface area contributed by atoms with Crippen molar-refractivity contribution in [1.29, 1.82) is 0 Å². The van der Waals surface area contributed by atoms with Gasteiger partial charge in [0.1, 0.15) is 47.8 Å². The number of benzene rings is 6. The SMILES string of the molecule is CCOC(=O)COc1c(-c2ccccc2)cc(OCCN(C)c2cccc(N(C)CCOc3cc(-c4ccccc4)c(OCC(=O)O)c(-c4ccccc4)c3)n2)cc1-c1ccccc1. The second kappa shape index (κ2) is 21.8. The molecule has 1 aromatic heterocycles. The number of hydrogen-bond acceptors (Lipinski definition) is 10. The minimum atomic E-state index is -1.06. The third-order valence-electron chi connectivity index (χ3n) is 10.3. The number of carboxylic acids is 1. The molecule has 0 aliphatic heterocycles. The molecule has 1 heterocycles. The summed E-state index contributed by atoms with van der Waals surface area (Å²) in [7, 11) is 3.95. The summed E-state index contributed by atoms with van der Waals surface area (Å²) in [5.41, 5.74) is 6.66. The molecular weight excluding hydrogens is 807 g/mol. The van der Waals surface area contributed by atoms with Crippen LogP contribution in [0.3, 0.4) is 0 Å². The predicted octanol–water partition coefficient (Wildman–Crippen LogP) is 10.2. The van der Waals surface area contributed by atoms with E-state index in [1.54, 1.807) is 6.92 Å². The second-order valence-corrected chi connectivity index (χ2v) is 14.8. The van der Waals surface area contributed by atoms with Gasteiger partial charge in [0.15, 0.2) is 13.2 Å². The van der Waals surface area contributed by atoms with Gasteiger partial charge in [-0.2, -0.15) is 0 Å². The van der Waals surface area contributed by atoms with Gasteiger partial charge in [0, 0.05) is 36.3 Å². The summed E-state index contributed by atoms with van der Waals surface area (Å²) >= 11 is 0. The number of aromatic nitrogens is 1. The van der Waals surface area contributed by atoms with Crippen molar-refractivity contribution in [3.05, 3.63) is 164 Å². The Kier molecular flexibility index (Phi) is 15.1. The van der Waals surface area contributed by atoms with Crippen LogP contribution < -0.4 is 28.7 Å². The molecule has 7 aromatic rings. The Morgan fingerprint density at radius 1 is 0.500 bits per heavy atom. The van der Waals surface area contributed by atoms with Crippen LogP contribution in [0.1, 0.15) is 6.92 Å². The Morgan fingerprint density at radius 3 is 1.20 bits per heavy atom. The summed E-state index contributed by atoms with van der Waals surface area (Å²) in [5.74, 6) is 2.39. The van der Waals surface area contributed by atoms with E-state index >= 15 is 0 Å². The molecule has 0 atom stereocenters. The van der Waals surface area contributed by atoms with Gasteiger partial charge in [0.2, 0.25) is 0 Å². The molecule has 0 saturated carbocycles. The summed E-state index contributed by atoms with van der Waals surface area (Å²) in [6.45, 7) is 3.15. The number of ether oxygens (including phenoxy) is 5. The van der Waals surface area contributed by atoms with Crippen molar-refractivity contribution in [2.75, 3.05) is 70.0 Å². The van der Waals surface area contributed by atoms with Crippen molar-refractivity contribution < 1.29 is 38.4 Å². The molecule has 64 heavy (non-hydrogen) atoms. The fourth-order valence-corrected chi connectivity index (χ4v) is 7.15. The molecule has 6 aromatic carbocycles. The molecule has 0 fully saturated rings. The molecule has 0 saturated heterocycles. The summed E-state index contributed by atoms with van der Waals surface area (Å²) in [6, 6.07) is 52.8. The zero-order chi connectivity index (χ0) is 44.7. The molecule has 0 unspecified atom stereocenters. The quantitative estimate of drug-likeness (QED) is 0.0696. The van der Waals surface area contributed by atoms with E-state index in [1.165, 1.54) is 0 Å². The normalized spacial score (nSPS) is 10.7. The lowest BCUT2D eigenvalue weighted by Crippen LogP contribution is -2.27. The minimum Gasteiger partial charge on any atom is -0.492 e. The Balaban J connectivity index is 1.04. The molecule has 0 radical (unpaired) electrons. The third-order valence-corrected chi connectivity index (χ3v) is 10.3. The van der Waals surface area contributed by atoms with Gasteiger partial charge in [-0.15, -0.1) is 0 Å². The van der Waals surface area contributed by atoms with Crippen LogP contribution in [0.4, 0.5) is 11.6 Å². The van der Waals surface area contributed by atoms with Crippen LogP contribution in [0, 0.1) is 0 Å². The van der Waals surface area contributed by atoms with E-state index in [2.05, 4.69) is 0 Å². The van der Waals surface area contributed by atoms with Gasteiger partial charge in [0.05, 0.1) is 19.7 Å². The lowest BCUT2D eigenvalue weighted by molar-refractivity contribution is -0.145. The number of rotatable bonds is 21. The van der Waals surface area contributed by atoms with Crippen molar-refractivity contribution in [2.24, 2.45) is 0 Å². The fraction of sp³-hybridized carbons (Fsp3) is 0.189. The maximum Gasteiger partial charge on any atom is 0.344 e. The number of anilines is 2. The fourth-order valence-electron chi connectivity index (χ4n) is 7.15. The number of aliphatic carboxylic acids is 1. The maximum absolute atomic E-state index is 12.4. The standard InChI is InChI=1S/C53H51N3O8/c1-4-60-51(59)37-64-53-46(40-22-13-7-14-23-40)34-43(35-47(53)41-24-15-8-16-25-41)62-31-29-56(3)49-27-17-26-48(54-49)55(2)28-30-61-42-32-44(38-18-9-5-10-19-38)52(63-36-50(57)58)45(33-42)39-20-11-6-12-21-39/h5-27,32-35H,4,28-31,36-37H2,1-3H3,(H,57,58). The van der Waals surface area contributed by atoms with Gasteiger partial charge >= 0.3 is 11.9 Å². The molecule has 0 bridgehead atoms. The van der Waals surface area contributed by atoms with Gasteiger partial charge < -0.3 is 38.6 Å². The van der Waals surface area contributed by atoms with Crippen molar-refractivity contribution in [3.8, 4) is 67.5 Å². The molecule has 326 valence electrons. The second-order valence-electron chi connectivity index (χ2n) is 14.8. The number of carboxylic acid groups (broad SMARTS) is 1. The molecule has 11 heteroatoms. The van der Waals surface area contributed by atoms with E-state index in [4.69, 9.17) is 28.7 Å². The number of nitrogens with zero attached hydrogens (tertiary/aromatic N) is 3. The minimum absolute atomic E-state index is 0.223. The van der Waals surface area contributed by atoms with Gasteiger partial charge in [-0.3, -0.25) is 0 Å². The molecule has 7 rings (SSSR count). The first kappa shape index (κ1) is 44.3. The van der Waals surface area contributed by atoms with Crippen LogP contribution in [0.25, 0.3) is 44.5 Å². The maximum atomic E-state index is 12.4. The zero-order valence-electron chi connectivity index (χ0n) is 36.2. The van der Waals surface area contributed by atoms with Crippen LogP contribution in [-0.4, -0.2) is 82.2 Å². The van der Waals surface area contributed by atoms with E-state index < -0.39 is 18.5 Å². The van der Waals surface area contributed by atoms with Crippen molar-refractivity contribution in [2.45, 2.75) is 6.92 Å². The number of hydrogen-bond donors (Lipinski definition) is 1. The molecule has 11 nitrogen and oxygen atoms in total. The highest BCUT2D eigenvalue weighted by Crippen LogP contribution is 2.44. The highest BCUT2D eigenvalue weighted by atomic mass is 16.6. The number of likely N-dealkylation sites (N-methyl/N-ethyl adjacent to an activating group) is 2. The van der Waals surface area contributed by atoms with Crippen molar-refractivity contribution >= 4 is 23.6 Å². The van der Waals surface area contributed by atoms with Crippen LogP contribution in [0.5, 0.6) is 23.0 Å². The monoisotopic (exact) mass is 857 g/mol. The lowest BCUT2D eigenvalue weighted by atomic mass is 9.96. The first-order valence-corrected chi connectivity index (χ1v) is 21.1. The first-order chi connectivity index (χ1) is 31.3. The van der Waals surface area contributed by atoms with Crippen molar-refractivity contribution in [1.82, 2.24) is 4.98 Å². The van der Waals surface area contributed by atoms with E-state index in [0.717, 1.165) is 56.1 Å². The van der Waals surface area contributed by atoms with Crippen LogP contribution >= 0.6 is 0 Å². The Hall–Kier alpha value is -7.79. The Labute approximate surface area is 374 Å². The van der Waals surface area contributed by atoms with E-state index in [9.17, 15) is 14.7 Å². The van der Waals surface area contributed by atoms with E-state index in [1.807, 2.05) is 188 Å². The zero-order valence-corrected chi connectivity index (χ0v) is 36.2. The smallest absolute Gasteiger partial charge is 0.344 e. The number of esters is 1. The van der Waals surface area contributed by atoms with Gasteiger partial charge in [-0.1, -0.05) is 127 Å². The summed E-state index contributed by atoms with van der Waals surface area (Å²) in [4.78, 5) is 33.0. The molecule has 0 aliphatic carbocycles. The highest BCUT2D eigenvalue weighted by molar-refractivity contribution is 5.86. The topological polar surface area (TPSA) is 120 Å². The largest absolute Gasteiger partial charge is 0.492 e. The summed E-state index contributed by atoms with van der Waals surface area (Å²) in [5, 5.41) is 9.49. The number of carbonyl (C=O) groups excluding carboxylic acids is 1. The predicted molar refractivity (Wildman–Crippen MR) is 252 cm³/mol. The lowest BCUT2D eigenvalue weighted by Gasteiger charge is -2.23. The highest BCUT2D eigenvalue weighted by Gasteiger charge is 2.20. The molecule has 0 amide bonds. The van der Waals surface area contributed by atoms with Crippen LogP contribution in [0.2, 0.25) is 0 Å². The summed E-state index contributed by atoms with van der Waals surface area (Å²) < 4.78 is 30.1. The first-order valence-electron chi connectivity index (χ1n) is 21.1. The van der Waals surface area contributed by atoms with Gasteiger partial charge in [-0.05, 0) is 65.6 Å². The van der Waals surface area contributed by atoms with E-state index in [0.29, 0.717) is 49.3 Å². The van der Waals surface area contributed by atoms with Crippen LogP contribution in [-0.2, 0) is 14.3 Å². The molecule has 0 aliphatic rings. The average molecular weight is 858 g/mol. The Morgan fingerprint density at radius 2 is 0.859 bits per heavy atom. The number of carbonyl (C=O) groups is 2. The Bertz CT molecular complexity index is 2490. The number of pyridine rings is 1. The molecular formula is C53H51N3O8. The third kappa shape index (κ3) is 11.6.